The van der Waals surface area contributed by atoms with Crippen molar-refractivity contribution in [2.75, 3.05) is 32.5 Å². The van der Waals surface area contributed by atoms with Crippen molar-refractivity contribution in [1.29, 1.82) is 0 Å². The fourth-order valence-corrected chi connectivity index (χ4v) is 3.92. The molecule has 0 bridgehead atoms. The van der Waals surface area contributed by atoms with Gasteiger partial charge in [-0.15, -0.1) is 0 Å². The zero-order valence-corrected chi connectivity index (χ0v) is 19.3. The Labute approximate surface area is 206 Å². The third kappa shape index (κ3) is 4.96. The molecule has 1 saturated heterocycles. The molecule has 0 saturated carbocycles. The van der Waals surface area contributed by atoms with E-state index < -0.39 is 41.5 Å². The number of carbonyl (C=O) groups is 2. The molecule has 3 aromatic rings. The molecule has 0 aliphatic carbocycles. The maximum atomic E-state index is 14.6. The lowest BCUT2D eigenvalue weighted by atomic mass is 10.1. The highest BCUT2D eigenvalue weighted by molar-refractivity contribution is 5.98. The Morgan fingerprint density at radius 2 is 2.05 bits per heavy atom. The number of nitrogens with one attached hydrogen (secondary N) is 1. The molecule has 2 atom stereocenters. The Hall–Kier alpha value is -4.43. The summed E-state index contributed by atoms with van der Waals surface area (Å²) < 4.78 is 66.6. The van der Waals surface area contributed by atoms with Crippen molar-refractivity contribution in [3.8, 4) is 17.1 Å². The summed E-state index contributed by atoms with van der Waals surface area (Å²) in [6.07, 6.45) is -3.57. The monoisotopic (exact) mass is 523 g/mol. The highest BCUT2D eigenvalue weighted by Crippen LogP contribution is 2.39. The van der Waals surface area contributed by atoms with Crippen molar-refractivity contribution < 1.29 is 36.6 Å². The van der Waals surface area contributed by atoms with Crippen LogP contribution in [0.1, 0.15) is 15.9 Å². The molecule has 0 unspecified atom stereocenters. The van der Waals surface area contributed by atoms with Crippen LogP contribution in [-0.4, -0.2) is 75.5 Å². The van der Waals surface area contributed by atoms with Crippen LogP contribution in [0.25, 0.3) is 16.8 Å². The van der Waals surface area contributed by atoms with Crippen LogP contribution < -0.4 is 15.8 Å². The maximum Gasteiger partial charge on any atom is 0.418 e. The van der Waals surface area contributed by atoms with E-state index in [1.54, 1.807) is 0 Å². The van der Waals surface area contributed by atoms with E-state index >= 15 is 0 Å². The molecule has 196 valence electrons. The number of amides is 2. The molecule has 1 aliphatic heterocycles. The lowest BCUT2D eigenvalue weighted by Crippen LogP contribution is -2.42. The number of hydrogen-bond donors (Lipinski definition) is 2. The van der Waals surface area contributed by atoms with Crippen molar-refractivity contribution in [3.63, 3.8) is 0 Å². The molecule has 1 fully saturated rings. The predicted molar refractivity (Wildman–Crippen MR) is 121 cm³/mol. The average molecular weight is 523 g/mol. The molecule has 37 heavy (non-hydrogen) atoms. The van der Waals surface area contributed by atoms with Crippen LogP contribution in [0.4, 0.5) is 28.2 Å². The summed E-state index contributed by atoms with van der Waals surface area (Å²) >= 11 is 0. The lowest BCUT2D eigenvalue weighted by molar-refractivity contribution is -0.136. The number of methoxy groups -OCH3 is 1. The van der Waals surface area contributed by atoms with Gasteiger partial charge < -0.3 is 25.4 Å². The maximum absolute atomic E-state index is 14.6. The zero-order valence-electron chi connectivity index (χ0n) is 19.3. The van der Waals surface area contributed by atoms with E-state index in [1.165, 1.54) is 25.4 Å². The predicted octanol–water partition coefficient (Wildman–Crippen LogP) is 2.48. The van der Waals surface area contributed by atoms with E-state index in [0.717, 1.165) is 21.8 Å². The fraction of sp³-hybridized carbons (Fsp3) is 0.318. The average Bonchev–Trinajstić information content (AvgIpc) is 3.44. The number of halogens is 4. The number of nitrogens with zero attached hydrogens (tertiary/aromatic N) is 5. The van der Waals surface area contributed by atoms with Gasteiger partial charge >= 0.3 is 12.3 Å². The molecule has 15 heteroatoms. The van der Waals surface area contributed by atoms with Crippen LogP contribution in [0.15, 0.2) is 37.3 Å². The number of hydrogen-bond acceptors (Lipinski definition) is 8. The Morgan fingerprint density at radius 3 is 2.73 bits per heavy atom. The van der Waals surface area contributed by atoms with Crippen LogP contribution in [0.3, 0.4) is 0 Å². The van der Waals surface area contributed by atoms with Gasteiger partial charge in [0.25, 0.3) is 5.91 Å². The van der Waals surface area contributed by atoms with Gasteiger partial charge in [0.1, 0.15) is 30.2 Å². The van der Waals surface area contributed by atoms with Gasteiger partial charge in [0.15, 0.2) is 5.82 Å². The number of nitrogens with two attached hydrogens (primary N) is 1. The van der Waals surface area contributed by atoms with Gasteiger partial charge in [-0.1, -0.05) is 12.7 Å². The van der Waals surface area contributed by atoms with Crippen LogP contribution in [-0.2, 0) is 10.9 Å². The number of nitrogen functional groups attached to an aromatic ring is 1. The third-order valence-electron chi connectivity index (χ3n) is 5.62. The molecular formula is C22H21F4N7O4. The molecule has 0 spiro atoms. The number of anilines is 1. The summed E-state index contributed by atoms with van der Waals surface area (Å²) in [5.74, 6) is -1.35. The summed E-state index contributed by atoms with van der Waals surface area (Å²) in [5, 5.41) is 6.35. The van der Waals surface area contributed by atoms with E-state index in [2.05, 4.69) is 27.0 Å². The first-order valence-electron chi connectivity index (χ1n) is 10.8. The molecular weight excluding hydrogens is 502 g/mol. The highest BCUT2D eigenvalue weighted by Gasteiger charge is 2.38. The number of carbonyl (C=O) groups excluding carboxylic acids is 2. The molecule has 3 aromatic heterocycles. The van der Waals surface area contributed by atoms with Crippen molar-refractivity contribution in [3.05, 3.63) is 48.4 Å². The number of ether oxygens (including phenoxy) is 2. The Bertz CT molecular complexity index is 1360. The normalized spacial score (nSPS) is 17.6. The highest BCUT2D eigenvalue weighted by atomic mass is 19.4. The second-order valence-corrected chi connectivity index (χ2v) is 7.99. The number of aromatic nitrogens is 4. The summed E-state index contributed by atoms with van der Waals surface area (Å²) in [6.45, 7) is 2.91. The topological polar surface area (TPSA) is 137 Å². The Balaban J connectivity index is 1.66. The first kappa shape index (κ1) is 25.7. The number of alkyl halides is 4. The second-order valence-electron chi connectivity index (χ2n) is 7.99. The van der Waals surface area contributed by atoms with E-state index in [9.17, 15) is 27.2 Å². The van der Waals surface area contributed by atoms with Gasteiger partial charge in [-0.05, 0) is 12.1 Å². The largest absolute Gasteiger partial charge is 0.480 e. The lowest BCUT2D eigenvalue weighted by Gasteiger charge is -2.17. The van der Waals surface area contributed by atoms with E-state index in [1.807, 2.05) is 0 Å². The van der Waals surface area contributed by atoms with Crippen LogP contribution in [0.2, 0.25) is 0 Å². The standard InChI is InChI=1S/C22H21F4N7O4/c1-3-4-37-21(35)32-8-14(23)15(9-32)31-19(34)12-5-11(7-28-20(12)36-2)16-6-13(22(24,25)26)17-18(27)29-10-30-33(16)17/h3,5-7,10,14-15H,1,4,8-9H2,2H3,(H,31,34)(H2,27,29,30)/t14-,15+/m0/s1. The Morgan fingerprint density at radius 1 is 1.30 bits per heavy atom. The summed E-state index contributed by atoms with van der Waals surface area (Å²) in [5.41, 5.74) is 3.99. The van der Waals surface area contributed by atoms with Crippen molar-refractivity contribution in [1.82, 2.24) is 29.8 Å². The smallest absolute Gasteiger partial charge is 0.418 e. The summed E-state index contributed by atoms with van der Waals surface area (Å²) in [6, 6.07) is 0.975. The summed E-state index contributed by atoms with van der Waals surface area (Å²) in [7, 11) is 1.24. The van der Waals surface area contributed by atoms with Gasteiger partial charge in [-0.2, -0.15) is 18.3 Å². The van der Waals surface area contributed by atoms with Gasteiger partial charge in [-0.25, -0.2) is 23.7 Å². The minimum atomic E-state index is -4.76. The number of rotatable bonds is 6. The second kappa shape index (κ2) is 9.91. The van der Waals surface area contributed by atoms with Crippen LogP contribution >= 0.6 is 0 Å². The fourth-order valence-electron chi connectivity index (χ4n) is 3.92. The molecule has 1 aliphatic rings. The molecule has 2 amide bonds. The Kier molecular flexibility index (Phi) is 6.87. The molecule has 0 radical (unpaired) electrons. The van der Waals surface area contributed by atoms with Crippen LogP contribution in [0, 0.1) is 0 Å². The van der Waals surface area contributed by atoms with Gasteiger partial charge in [-0.3, -0.25) is 4.79 Å². The SMILES string of the molecule is C=CCOC(=O)N1C[C@H](F)[C@H](NC(=O)c2cc(-c3cc(C(F)(F)F)c4c(N)ncnn34)cnc2OC)C1. The van der Waals surface area contributed by atoms with Gasteiger partial charge in [0, 0.05) is 18.3 Å². The number of likely N-dealkylation sites (tertiary alicyclic amines) is 1. The summed E-state index contributed by atoms with van der Waals surface area (Å²) in [4.78, 5) is 33.8. The number of fused-ring (bicyclic) bond motifs is 1. The quantitative estimate of drug-likeness (QED) is 0.372. The van der Waals surface area contributed by atoms with E-state index in [4.69, 9.17) is 15.2 Å². The molecule has 4 rings (SSSR count). The van der Waals surface area contributed by atoms with E-state index in [-0.39, 0.29) is 48.2 Å². The molecule has 11 nitrogen and oxygen atoms in total. The first-order valence-corrected chi connectivity index (χ1v) is 10.8. The molecule has 0 aromatic carbocycles. The van der Waals surface area contributed by atoms with E-state index in [0.29, 0.717) is 0 Å². The van der Waals surface area contributed by atoms with Crippen molar-refractivity contribution in [2.45, 2.75) is 18.4 Å². The van der Waals surface area contributed by atoms with Crippen molar-refractivity contribution in [2.24, 2.45) is 0 Å². The first-order chi connectivity index (χ1) is 17.5. The third-order valence-corrected chi connectivity index (χ3v) is 5.62. The minimum absolute atomic E-state index is 0.0555. The van der Waals surface area contributed by atoms with Gasteiger partial charge in [0.2, 0.25) is 5.88 Å². The zero-order chi connectivity index (χ0) is 26.9. The van der Waals surface area contributed by atoms with Crippen LogP contribution in [0.5, 0.6) is 5.88 Å². The van der Waals surface area contributed by atoms with Gasteiger partial charge in [0.05, 0.1) is 31.0 Å². The molecule has 4 heterocycles. The molecule has 3 N–H and O–H groups in total. The minimum Gasteiger partial charge on any atom is -0.480 e. The number of pyridine rings is 1. The van der Waals surface area contributed by atoms with Crippen molar-refractivity contribution >= 4 is 23.3 Å².